The highest BCUT2D eigenvalue weighted by Crippen LogP contribution is 2.24. The molecule has 0 heterocycles. The van der Waals surface area contributed by atoms with Gasteiger partial charge in [-0.1, -0.05) is 26.0 Å². The summed E-state index contributed by atoms with van der Waals surface area (Å²) in [4.78, 5) is 26.9. The monoisotopic (exact) mass is 352 g/mol. The molecule has 0 fully saturated rings. The highest BCUT2D eigenvalue weighted by atomic mass is 32.2. The van der Waals surface area contributed by atoms with Gasteiger partial charge < -0.3 is 10.1 Å². The number of rotatable bonds is 10. The Labute approximate surface area is 149 Å². The van der Waals surface area contributed by atoms with Gasteiger partial charge in [0, 0.05) is 24.4 Å². The molecule has 0 bridgehead atoms. The summed E-state index contributed by atoms with van der Waals surface area (Å²) < 4.78 is 5.00. The Bertz CT molecular complexity index is 535. The van der Waals surface area contributed by atoms with Crippen molar-refractivity contribution in [1.82, 2.24) is 4.90 Å². The molecule has 0 aliphatic carbocycles. The first-order valence-electron chi connectivity index (χ1n) is 8.27. The topological polar surface area (TPSA) is 58.6 Å². The van der Waals surface area contributed by atoms with Crippen molar-refractivity contribution < 1.29 is 14.3 Å². The van der Waals surface area contributed by atoms with Crippen molar-refractivity contribution in [1.29, 1.82) is 0 Å². The number of carbonyl (C=O) groups is 2. The van der Waals surface area contributed by atoms with E-state index in [0.717, 1.165) is 17.1 Å². The van der Waals surface area contributed by atoms with Crippen LogP contribution < -0.4 is 5.32 Å². The van der Waals surface area contributed by atoms with Crippen molar-refractivity contribution in [2.75, 3.05) is 37.8 Å². The number of nitrogens with one attached hydrogen (secondary N) is 1. The molecule has 0 aliphatic heterocycles. The molecule has 0 radical (unpaired) electrons. The van der Waals surface area contributed by atoms with E-state index in [1.165, 1.54) is 0 Å². The maximum absolute atomic E-state index is 12.2. The summed E-state index contributed by atoms with van der Waals surface area (Å²) in [6.45, 7) is 7.86. The Morgan fingerprint density at radius 3 is 2.62 bits per heavy atom. The van der Waals surface area contributed by atoms with Crippen LogP contribution >= 0.6 is 11.8 Å². The van der Waals surface area contributed by atoms with Crippen LogP contribution in [0.25, 0.3) is 0 Å². The molecular weight excluding hydrogens is 324 g/mol. The summed E-state index contributed by atoms with van der Waals surface area (Å²) in [6, 6.07) is 7.73. The SMILES string of the molecule is CCOC(=O)CN(CCC(=O)Nc1ccccc1SC)CC(C)C. The van der Waals surface area contributed by atoms with Crippen LogP contribution in [0.5, 0.6) is 0 Å². The van der Waals surface area contributed by atoms with Gasteiger partial charge >= 0.3 is 5.97 Å². The van der Waals surface area contributed by atoms with E-state index in [-0.39, 0.29) is 18.4 Å². The van der Waals surface area contributed by atoms with E-state index < -0.39 is 0 Å². The Morgan fingerprint density at radius 2 is 2.00 bits per heavy atom. The van der Waals surface area contributed by atoms with Crippen molar-refractivity contribution >= 4 is 29.3 Å². The quantitative estimate of drug-likeness (QED) is 0.517. The summed E-state index contributed by atoms with van der Waals surface area (Å²) in [7, 11) is 0. The predicted molar refractivity (Wildman–Crippen MR) is 99.4 cm³/mol. The van der Waals surface area contributed by atoms with E-state index >= 15 is 0 Å². The summed E-state index contributed by atoms with van der Waals surface area (Å²) in [5.74, 6) is 0.125. The maximum Gasteiger partial charge on any atom is 0.320 e. The molecular formula is C18H28N2O3S. The number of hydrogen-bond donors (Lipinski definition) is 1. The molecule has 0 aliphatic rings. The van der Waals surface area contributed by atoms with E-state index in [0.29, 0.717) is 25.5 Å². The second-order valence-electron chi connectivity index (χ2n) is 5.93. The molecule has 1 rings (SSSR count). The van der Waals surface area contributed by atoms with Crippen LogP contribution in [-0.4, -0.2) is 49.3 Å². The minimum Gasteiger partial charge on any atom is -0.465 e. The minimum absolute atomic E-state index is 0.0471. The summed E-state index contributed by atoms with van der Waals surface area (Å²) in [5.41, 5.74) is 0.829. The fourth-order valence-electron chi connectivity index (χ4n) is 2.36. The van der Waals surface area contributed by atoms with Crippen molar-refractivity contribution in [3.05, 3.63) is 24.3 Å². The zero-order valence-corrected chi connectivity index (χ0v) is 15.8. The molecule has 1 amide bonds. The van der Waals surface area contributed by atoms with E-state index in [4.69, 9.17) is 4.74 Å². The average Bonchev–Trinajstić information content (AvgIpc) is 2.53. The second kappa shape index (κ2) is 11.1. The molecule has 1 aromatic rings. The standard InChI is InChI=1S/C18H28N2O3S/c1-5-23-18(22)13-20(12-14(2)3)11-10-17(21)19-15-8-6-7-9-16(15)24-4/h6-9,14H,5,10-13H2,1-4H3,(H,19,21). The molecule has 0 spiro atoms. The van der Waals surface area contributed by atoms with E-state index in [1.54, 1.807) is 18.7 Å². The zero-order chi connectivity index (χ0) is 17.9. The number of thioether (sulfide) groups is 1. The number of nitrogens with zero attached hydrogens (tertiary/aromatic N) is 1. The number of benzene rings is 1. The maximum atomic E-state index is 12.2. The molecule has 24 heavy (non-hydrogen) atoms. The van der Waals surface area contributed by atoms with Gasteiger partial charge in [0.15, 0.2) is 0 Å². The number of esters is 1. The molecule has 0 saturated heterocycles. The van der Waals surface area contributed by atoms with Gasteiger partial charge in [0.25, 0.3) is 0 Å². The fraction of sp³-hybridized carbons (Fsp3) is 0.556. The van der Waals surface area contributed by atoms with Gasteiger partial charge in [-0.2, -0.15) is 0 Å². The minimum atomic E-state index is -0.244. The molecule has 0 atom stereocenters. The fourth-order valence-corrected chi connectivity index (χ4v) is 2.91. The molecule has 134 valence electrons. The summed E-state index contributed by atoms with van der Waals surface area (Å²) in [5, 5.41) is 2.95. The van der Waals surface area contributed by atoms with Crippen molar-refractivity contribution in [2.24, 2.45) is 5.92 Å². The van der Waals surface area contributed by atoms with E-state index in [9.17, 15) is 9.59 Å². The molecule has 0 unspecified atom stereocenters. The molecule has 0 saturated carbocycles. The van der Waals surface area contributed by atoms with Crippen LogP contribution in [-0.2, 0) is 14.3 Å². The first kappa shape index (κ1) is 20.5. The first-order chi connectivity index (χ1) is 11.5. The molecule has 6 heteroatoms. The lowest BCUT2D eigenvalue weighted by Gasteiger charge is -2.23. The Morgan fingerprint density at radius 1 is 1.29 bits per heavy atom. The van der Waals surface area contributed by atoms with Gasteiger partial charge in [0.05, 0.1) is 18.8 Å². The van der Waals surface area contributed by atoms with Gasteiger partial charge in [-0.05, 0) is 31.2 Å². The number of para-hydroxylation sites is 1. The third-order valence-corrected chi connectivity index (χ3v) is 4.11. The molecule has 5 nitrogen and oxygen atoms in total. The summed E-state index contributed by atoms with van der Waals surface area (Å²) >= 11 is 1.60. The second-order valence-corrected chi connectivity index (χ2v) is 6.78. The Balaban J connectivity index is 2.55. The Kier molecular flexibility index (Phi) is 9.49. The van der Waals surface area contributed by atoms with Crippen LogP contribution in [0.1, 0.15) is 27.2 Å². The lowest BCUT2D eigenvalue weighted by atomic mass is 10.2. The van der Waals surface area contributed by atoms with Gasteiger partial charge in [-0.3, -0.25) is 14.5 Å². The number of hydrogen-bond acceptors (Lipinski definition) is 5. The van der Waals surface area contributed by atoms with Crippen LogP contribution in [0.4, 0.5) is 5.69 Å². The lowest BCUT2D eigenvalue weighted by Crippen LogP contribution is -2.36. The number of anilines is 1. The average molecular weight is 353 g/mol. The van der Waals surface area contributed by atoms with Crippen molar-refractivity contribution in [2.45, 2.75) is 32.1 Å². The third kappa shape index (κ3) is 7.84. The van der Waals surface area contributed by atoms with Crippen LogP contribution in [0.2, 0.25) is 0 Å². The van der Waals surface area contributed by atoms with Gasteiger partial charge in [-0.15, -0.1) is 11.8 Å². The van der Waals surface area contributed by atoms with Crippen LogP contribution in [0, 0.1) is 5.92 Å². The molecule has 1 N–H and O–H groups in total. The third-order valence-electron chi connectivity index (χ3n) is 3.32. The van der Waals surface area contributed by atoms with E-state index in [1.807, 2.05) is 35.4 Å². The number of ether oxygens (including phenoxy) is 1. The van der Waals surface area contributed by atoms with Gasteiger partial charge in [-0.25, -0.2) is 0 Å². The zero-order valence-electron chi connectivity index (χ0n) is 15.0. The smallest absolute Gasteiger partial charge is 0.320 e. The predicted octanol–water partition coefficient (Wildman–Crippen LogP) is 3.26. The van der Waals surface area contributed by atoms with Crippen LogP contribution in [0.15, 0.2) is 29.2 Å². The van der Waals surface area contributed by atoms with Crippen molar-refractivity contribution in [3.63, 3.8) is 0 Å². The number of amides is 1. The lowest BCUT2D eigenvalue weighted by molar-refractivity contribution is -0.144. The Hall–Kier alpha value is -1.53. The first-order valence-corrected chi connectivity index (χ1v) is 9.49. The van der Waals surface area contributed by atoms with E-state index in [2.05, 4.69) is 19.2 Å². The van der Waals surface area contributed by atoms with Gasteiger partial charge in [0.1, 0.15) is 0 Å². The normalized spacial score (nSPS) is 10.9. The van der Waals surface area contributed by atoms with Crippen molar-refractivity contribution in [3.8, 4) is 0 Å². The summed E-state index contributed by atoms with van der Waals surface area (Å²) in [6.07, 6.45) is 2.32. The molecule has 0 aromatic heterocycles. The number of carbonyl (C=O) groups excluding carboxylic acids is 2. The highest BCUT2D eigenvalue weighted by Gasteiger charge is 2.15. The van der Waals surface area contributed by atoms with Gasteiger partial charge in [0.2, 0.25) is 5.91 Å². The molecule has 1 aromatic carbocycles. The van der Waals surface area contributed by atoms with Crippen LogP contribution in [0.3, 0.4) is 0 Å². The highest BCUT2D eigenvalue weighted by molar-refractivity contribution is 7.98. The largest absolute Gasteiger partial charge is 0.465 e.